The zero-order chi connectivity index (χ0) is 11.8. The van der Waals surface area contributed by atoms with Crippen molar-refractivity contribution in [2.24, 2.45) is 0 Å². The Kier molecular flexibility index (Phi) is 2.34. The molecule has 0 atom stereocenters. The number of hydrogen-bond donors (Lipinski definition) is 0. The minimum Gasteiger partial charge on any atom is -0.550 e. The molecule has 1 aromatic heterocycles. The average Bonchev–Trinajstić information content (AvgIpc) is 2.68. The summed E-state index contributed by atoms with van der Waals surface area (Å²) in [5, 5.41) is 13.0. The van der Waals surface area contributed by atoms with Crippen molar-refractivity contribution in [2.75, 3.05) is 0 Å². The van der Waals surface area contributed by atoms with E-state index in [0.29, 0.717) is 0 Å². The van der Waals surface area contributed by atoms with Gasteiger partial charge in [-0.2, -0.15) is 0 Å². The van der Waals surface area contributed by atoms with Crippen LogP contribution in [0.2, 0.25) is 0 Å². The Morgan fingerprint density at radius 2 is 1.82 bits per heavy atom. The van der Waals surface area contributed by atoms with E-state index in [0.717, 1.165) is 15.6 Å². The summed E-state index contributed by atoms with van der Waals surface area (Å²) in [6.07, 6.45) is -0.0236. The predicted molar refractivity (Wildman–Crippen MR) is 68.0 cm³/mol. The van der Waals surface area contributed by atoms with Crippen molar-refractivity contribution < 1.29 is 9.90 Å². The van der Waals surface area contributed by atoms with Gasteiger partial charge in [-0.1, -0.05) is 36.4 Å². The first kappa shape index (κ1) is 10.3. The second kappa shape index (κ2) is 3.86. The van der Waals surface area contributed by atoms with Crippen molar-refractivity contribution in [2.45, 2.75) is 6.42 Å². The van der Waals surface area contributed by atoms with Gasteiger partial charge in [0.2, 0.25) is 0 Å². The van der Waals surface area contributed by atoms with Crippen molar-refractivity contribution in [3.8, 4) is 0 Å². The van der Waals surface area contributed by atoms with Crippen LogP contribution in [0.25, 0.3) is 20.2 Å². The summed E-state index contributed by atoms with van der Waals surface area (Å²) in [7, 11) is 0. The van der Waals surface area contributed by atoms with Crippen molar-refractivity contribution in [1.29, 1.82) is 0 Å². The van der Waals surface area contributed by atoms with Gasteiger partial charge in [-0.15, -0.1) is 11.3 Å². The highest BCUT2D eigenvalue weighted by molar-refractivity contribution is 7.26. The van der Waals surface area contributed by atoms with E-state index in [1.54, 1.807) is 11.3 Å². The molecule has 2 nitrogen and oxygen atoms in total. The van der Waals surface area contributed by atoms with Crippen molar-refractivity contribution in [3.63, 3.8) is 0 Å². The molecule has 0 fully saturated rings. The third-order valence-electron chi connectivity index (χ3n) is 2.82. The Morgan fingerprint density at radius 1 is 1.06 bits per heavy atom. The molecule has 0 aliphatic rings. The van der Waals surface area contributed by atoms with Gasteiger partial charge in [-0.3, -0.25) is 0 Å². The first-order valence-corrected chi connectivity index (χ1v) is 6.16. The zero-order valence-electron chi connectivity index (χ0n) is 8.97. The minimum absolute atomic E-state index is 0.0236. The fraction of sp³-hybridized carbons (Fsp3) is 0.0714. The van der Waals surface area contributed by atoms with Crippen LogP contribution in [-0.4, -0.2) is 5.97 Å². The Bertz CT molecular complexity index is 712. The van der Waals surface area contributed by atoms with Crippen LogP contribution < -0.4 is 5.11 Å². The van der Waals surface area contributed by atoms with Gasteiger partial charge in [-0.25, -0.2) is 0 Å². The second-order valence-corrected chi connectivity index (χ2v) is 4.99. The van der Waals surface area contributed by atoms with E-state index in [4.69, 9.17) is 0 Å². The smallest absolute Gasteiger partial charge is 0.0458 e. The van der Waals surface area contributed by atoms with Gasteiger partial charge < -0.3 is 9.90 Å². The van der Waals surface area contributed by atoms with Crippen molar-refractivity contribution >= 4 is 37.5 Å². The summed E-state index contributed by atoms with van der Waals surface area (Å²) in [6, 6.07) is 13.9. The summed E-state index contributed by atoms with van der Waals surface area (Å²) in [5.74, 6) is -1.03. The van der Waals surface area contributed by atoms with E-state index in [1.807, 2.05) is 30.3 Å². The van der Waals surface area contributed by atoms with Crippen LogP contribution in [0.5, 0.6) is 0 Å². The zero-order valence-corrected chi connectivity index (χ0v) is 9.79. The molecular formula is C14H9O2S-. The molecular weight excluding hydrogens is 232 g/mol. The van der Waals surface area contributed by atoms with Gasteiger partial charge in [0.25, 0.3) is 0 Å². The van der Waals surface area contributed by atoms with E-state index < -0.39 is 5.97 Å². The van der Waals surface area contributed by atoms with Crippen LogP contribution in [0.4, 0.5) is 0 Å². The summed E-state index contributed by atoms with van der Waals surface area (Å²) < 4.78 is 2.24. The van der Waals surface area contributed by atoms with Gasteiger partial charge in [-0.05, 0) is 11.6 Å². The van der Waals surface area contributed by atoms with Crippen molar-refractivity contribution in [3.05, 3.63) is 48.0 Å². The molecule has 3 aromatic rings. The molecule has 0 N–H and O–H groups in total. The molecule has 1 heterocycles. The Balaban J connectivity index is 2.35. The molecule has 84 valence electrons. The number of carbonyl (C=O) groups is 1. The molecule has 17 heavy (non-hydrogen) atoms. The first-order chi connectivity index (χ1) is 8.25. The fourth-order valence-electron chi connectivity index (χ4n) is 2.10. The standard InChI is InChI=1S/C14H10O2S/c15-13(16)8-9-4-3-6-11-10-5-1-2-7-12(10)17-14(9)11/h1-7H,8H2,(H,15,16)/p-1. The van der Waals surface area contributed by atoms with Crippen LogP contribution in [0, 0.1) is 0 Å². The lowest BCUT2D eigenvalue weighted by molar-refractivity contribution is -0.304. The van der Waals surface area contributed by atoms with Crippen LogP contribution in [-0.2, 0) is 11.2 Å². The second-order valence-electron chi connectivity index (χ2n) is 3.94. The largest absolute Gasteiger partial charge is 0.550 e. The number of rotatable bonds is 2. The van der Waals surface area contributed by atoms with Crippen LogP contribution >= 0.6 is 11.3 Å². The SMILES string of the molecule is O=C([O-])Cc1cccc2c1sc1ccccc12. The van der Waals surface area contributed by atoms with E-state index in [1.165, 1.54) is 10.1 Å². The third kappa shape index (κ3) is 1.68. The lowest BCUT2D eigenvalue weighted by atomic mass is 10.1. The lowest BCUT2D eigenvalue weighted by Crippen LogP contribution is -2.24. The molecule has 3 heteroatoms. The maximum atomic E-state index is 10.7. The number of carboxylic acid groups (broad SMARTS) is 1. The van der Waals surface area contributed by atoms with Crippen LogP contribution in [0.15, 0.2) is 42.5 Å². The van der Waals surface area contributed by atoms with Crippen LogP contribution in [0.1, 0.15) is 5.56 Å². The summed E-state index contributed by atoms with van der Waals surface area (Å²) >= 11 is 1.64. The van der Waals surface area contributed by atoms with Gasteiger partial charge in [0.1, 0.15) is 0 Å². The highest BCUT2D eigenvalue weighted by atomic mass is 32.1. The highest BCUT2D eigenvalue weighted by Crippen LogP contribution is 2.35. The predicted octanol–water partition coefficient (Wildman–Crippen LogP) is 2.35. The molecule has 0 saturated heterocycles. The normalized spacial score (nSPS) is 11.1. The van der Waals surface area contributed by atoms with Gasteiger partial charge >= 0.3 is 0 Å². The number of fused-ring (bicyclic) bond motifs is 3. The number of hydrogen-bond acceptors (Lipinski definition) is 3. The monoisotopic (exact) mass is 241 g/mol. The molecule has 2 aromatic carbocycles. The summed E-state index contributed by atoms with van der Waals surface area (Å²) in [5.41, 5.74) is 0.837. The molecule has 0 amide bonds. The van der Waals surface area contributed by atoms with E-state index in [9.17, 15) is 9.90 Å². The molecule has 0 aliphatic heterocycles. The molecule has 0 bridgehead atoms. The third-order valence-corrected chi connectivity index (χ3v) is 4.08. The number of benzene rings is 2. The summed E-state index contributed by atoms with van der Waals surface area (Å²) in [6.45, 7) is 0. The number of carbonyl (C=O) groups excluding carboxylic acids is 1. The minimum atomic E-state index is -1.03. The Hall–Kier alpha value is -1.87. The molecule has 0 saturated carbocycles. The Labute approximate surface area is 102 Å². The average molecular weight is 241 g/mol. The van der Waals surface area contributed by atoms with Gasteiger partial charge in [0.15, 0.2) is 0 Å². The van der Waals surface area contributed by atoms with E-state index in [2.05, 4.69) is 12.1 Å². The molecule has 0 unspecified atom stereocenters. The Morgan fingerprint density at radius 3 is 2.65 bits per heavy atom. The maximum Gasteiger partial charge on any atom is 0.0458 e. The lowest BCUT2D eigenvalue weighted by Gasteiger charge is -2.03. The topological polar surface area (TPSA) is 40.1 Å². The van der Waals surface area contributed by atoms with Gasteiger partial charge in [0, 0.05) is 32.6 Å². The summed E-state index contributed by atoms with van der Waals surface area (Å²) in [4.78, 5) is 10.7. The van der Waals surface area contributed by atoms with Crippen molar-refractivity contribution in [1.82, 2.24) is 0 Å². The maximum absolute atomic E-state index is 10.7. The van der Waals surface area contributed by atoms with E-state index in [-0.39, 0.29) is 6.42 Å². The quantitative estimate of drug-likeness (QED) is 0.691. The number of aliphatic carboxylic acids is 1. The highest BCUT2D eigenvalue weighted by Gasteiger charge is 2.07. The molecule has 0 spiro atoms. The number of carboxylic acids is 1. The molecule has 0 radical (unpaired) electrons. The van der Waals surface area contributed by atoms with Crippen LogP contribution in [0.3, 0.4) is 0 Å². The first-order valence-electron chi connectivity index (χ1n) is 5.34. The number of thiophene rings is 1. The molecule has 0 aliphatic carbocycles. The fourth-order valence-corrected chi connectivity index (χ4v) is 3.31. The molecule has 3 rings (SSSR count). The van der Waals surface area contributed by atoms with Gasteiger partial charge in [0.05, 0.1) is 0 Å². The van der Waals surface area contributed by atoms with E-state index >= 15 is 0 Å².